The van der Waals surface area contributed by atoms with Crippen molar-refractivity contribution in [2.24, 2.45) is 0 Å². The highest BCUT2D eigenvalue weighted by molar-refractivity contribution is 6.30. The zero-order valence-corrected chi connectivity index (χ0v) is 15.6. The minimum atomic E-state index is -0.159. The van der Waals surface area contributed by atoms with Crippen LogP contribution < -0.4 is 10.6 Å². The van der Waals surface area contributed by atoms with Crippen LogP contribution in [-0.2, 0) is 17.6 Å². The Kier molecular flexibility index (Phi) is 4.81. The first-order valence-electron chi connectivity index (χ1n) is 8.83. The Hall–Kier alpha value is -2.86. The molecule has 1 amide bonds. The minimum absolute atomic E-state index is 0.0523. The van der Waals surface area contributed by atoms with Gasteiger partial charge in [-0.05, 0) is 48.7 Å². The predicted octanol–water partition coefficient (Wildman–Crippen LogP) is 4.37. The monoisotopic (exact) mass is 382 g/mol. The number of aromatic nitrogens is 2. The summed E-state index contributed by atoms with van der Waals surface area (Å²) >= 11 is 5.91. The van der Waals surface area contributed by atoms with Crippen LogP contribution in [0.3, 0.4) is 0 Å². The average Bonchev–Trinajstić information content (AvgIpc) is 3.12. The zero-order valence-electron chi connectivity index (χ0n) is 14.8. The predicted molar refractivity (Wildman–Crippen MR) is 104 cm³/mol. The number of hydrogen-bond donors (Lipinski definition) is 2. The first-order chi connectivity index (χ1) is 13.1. The summed E-state index contributed by atoms with van der Waals surface area (Å²) in [5.74, 6) is 1.19. The van der Waals surface area contributed by atoms with Gasteiger partial charge in [0.2, 0.25) is 11.8 Å². The summed E-state index contributed by atoms with van der Waals surface area (Å²) in [5, 5.41) is 11.0. The molecular formula is C20H19ClN4O2. The van der Waals surface area contributed by atoms with Crippen molar-refractivity contribution in [3.05, 3.63) is 70.3 Å². The number of nitrogens with one attached hydrogen (secondary N) is 2. The molecule has 3 aromatic rings. The molecule has 0 fully saturated rings. The Morgan fingerprint density at radius 3 is 2.85 bits per heavy atom. The van der Waals surface area contributed by atoms with E-state index in [9.17, 15) is 4.79 Å². The number of halogens is 1. The van der Waals surface area contributed by atoms with Gasteiger partial charge in [0.25, 0.3) is 0 Å². The number of fused-ring (bicyclic) bond motifs is 1. The van der Waals surface area contributed by atoms with Crippen molar-refractivity contribution in [2.75, 3.05) is 10.6 Å². The molecule has 1 aliphatic rings. The standard InChI is InChI=1S/C20H19ClN4O2/c1-12(22-16-8-4-14-5-9-19(26)23-17(14)11-16)20-24-18(25-27-20)10-13-2-6-15(21)7-3-13/h2-4,6-8,11-12,22H,5,9-10H2,1H3,(H,23,26). The third-order valence-corrected chi connectivity index (χ3v) is 4.77. The van der Waals surface area contributed by atoms with Crippen LogP contribution in [-0.4, -0.2) is 16.0 Å². The van der Waals surface area contributed by atoms with Crippen LogP contribution in [0, 0.1) is 0 Å². The van der Waals surface area contributed by atoms with E-state index in [0.717, 1.165) is 28.9 Å². The fourth-order valence-corrected chi connectivity index (χ4v) is 3.20. The van der Waals surface area contributed by atoms with Gasteiger partial charge < -0.3 is 15.2 Å². The summed E-state index contributed by atoms with van der Waals surface area (Å²) in [4.78, 5) is 16.1. The SMILES string of the molecule is CC(Nc1ccc2c(c1)NC(=O)CC2)c1nc(Cc2ccc(Cl)cc2)no1. The highest BCUT2D eigenvalue weighted by Gasteiger charge is 2.17. The number of rotatable bonds is 5. The molecule has 7 heteroatoms. The number of anilines is 2. The van der Waals surface area contributed by atoms with Gasteiger partial charge in [-0.2, -0.15) is 4.98 Å². The summed E-state index contributed by atoms with van der Waals surface area (Å²) < 4.78 is 5.40. The van der Waals surface area contributed by atoms with E-state index in [2.05, 4.69) is 20.8 Å². The molecule has 138 valence electrons. The van der Waals surface area contributed by atoms with Crippen LogP contribution in [0.1, 0.15) is 42.2 Å². The molecule has 0 saturated heterocycles. The van der Waals surface area contributed by atoms with Crippen LogP contribution in [0.4, 0.5) is 11.4 Å². The van der Waals surface area contributed by atoms with E-state index in [1.54, 1.807) is 0 Å². The summed E-state index contributed by atoms with van der Waals surface area (Å²) in [5.41, 5.74) is 3.96. The van der Waals surface area contributed by atoms with E-state index >= 15 is 0 Å². The number of carbonyl (C=O) groups excluding carboxylic acids is 1. The average molecular weight is 383 g/mol. The van der Waals surface area contributed by atoms with Gasteiger partial charge in [0, 0.05) is 29.2 Å². The van der Waals surface area contributed by atoms with Gasteiger partial charge in [0.15, 0.2) is 5.82 Å². The van der Waals surface area contributed by atoms with Crippen molar-refractivity contribution >= 4 is 28.9 Å². The third kappa shape index (κ3) is 4.11. The third-order valence-electron chi connectivity index (χ3n) is 4.52. The topological polar surface area (TPSA) is 80.0 Å². The lowest BCUT2D eigenvalue weighted by molar-refractivity contribution is -0.116. The Balaban J connectivity index is 1.43. The number of hydrogen-bond acceptors (Lipinski definition) is 5. The van der Waals surface area contributed by atoms with Gasteiger partial charge in [0.1, 0.15) is 6.04 Å². The van der Waals surface area contributed by atoms with Crippen molar-refractivity contribution < 1.29 is 9.32 Å². The first-order valence-corrected chi connectivity index (χ1v) is 9.21. The molecule has 1 atom stereocenters. The highest BCUT2D eigenvalue weighted by Crippen LogP contribution is 2.28. The Morgan fingerprint density at radius 1 is 1.22 bits per heavy atom. The molecule has 0 aliphatic carbocycles. The zero-order chi connectivity index (χ0) is 18.8. The van der Waals surface area contributed by atoms with E-state index in [1.165, 1.54) is 0 Å². The second-order valence-corrected chi connectivity index (χ2v) is 7.07. The van der Waals surface area contributed by atoms with Gasteiger partial charge in [-0.25, -0.2) is 0 Å². The molecule has 2 N–H and O–H groups in total. The second-order valence-electron chi connectivity index (χ2n) is 6.64. The largest absolute Gasteiger partial charge is 0.374 e. The van der Waals surface area contributed by atoms with Gasteiger partial charge in [-0.3, -0.25) is 4.79 Å². The first kappa shape index (κ1) is 17.5. The molecule has 2 aromatic carbocycles. The Bertz CT molecular complexity index is 968. The van der Waals surface area contributed by atoms with Crippen molar-refractivity contribution in [3.8, 4) is 0 Å². The van der Waals surface area contributed by atoms with E-state index in [-0.39, 0.29) is 11.9 Å². The van der Waals surface area contributed by atoms with Gasteiger partial charge in [0.05, 0.1) is 0 Å². The van der Waals surface area contributed by atoms with E-state index in [1.807, 2.05) is 49.4 Å². The molecule has 0 saturated carbocycles. The number of carbonyl (C=O) groups is 1. The molecular weight excluding hydrogens is 364 g/mol. The fraction of sp³-hybridized carbons (Fsp3) is 0.250. The van der Waals surface area contributed by atoms with Crippen LogP contribution in [0.5, 0.6) is 0 Å². The maximum absolute atomic E-state index is 11.6. The molecule has 1 aliphatic heterocycles. The van der Waals surface area contributed by atoms with Crippen LogP contribution in [0.25, 0.3) is 0 Å². The normalized spacial score (nSPS) is 14.4. The van der Waals surface area contributed by atoms with Crippen LogP contribution in [0.15, 0.2) is 47.0 Å². The number of aryl methyl sites for hydroxylation is 1. The molecule has 27 heavy (non-hydrogen) atoms. The smallest absolute Gasteiger partial charge is 0.248 e. The second kappa shape index (κ2) is 7.40. The molecule has 1 aromatic heterocycles. The molecule has 0 spiro atoms. The molecule has 4 rings (SSSR count). The van der Waals surface area contributed by atoms with Crippen molar-refractivity contribution in [3.63, 3.8) is 0 Å². The molecule has 0 radical (unpaired) electrons. The number of benzene rings is 2. The Labute approximate surface area is 161 Å². The summed E-state index contributed by atoms with van der Waals surface area (Å²) in [6, 6.07) is 13.4. The van der Waals surface area contributed by atoms with Gasteiger partial charge >= 0.3 is 0 Å². The summed E-state index contributed by atoms with van der Waals surface area (Å²) in [7, 11) is 0. The number of nitrogens with zero attached hydrogens (tertiary/aromatic N) is 2. The van der Waals surface area contributed by atoms with Crippen LogP contribution >= 0.6 is 11.6 Å². The molecule has 2 heterocycles. The van der Waals surface area contributed by atoms with E-state index < -0.39 is 0 Å². The quantitative estimate of drug-likeness (QED) is 0.684. The van der Waals surface area contributed by atoms with Crippen molar-refractivity contribution in [1.82, 2.24) is 10.1 Å². The maximum Gasteiger partial charge on any atom is 0.248 e. The van der Waals surface area contributed by atoms with Crippen molar-refractivity contribution in [2.45, 2.75) is 32.2 Å². The minimum Gasteiger partial charge on any atom is -0.374 e. The van der Waals surface area contributed by atoms with E-state index in [0.29, 0.717) is 29.6 Å². The molecule has 6 nitrogen and oxygen atoms in total. The lowest BCUT2D eigenvalue weighted by atomic mass is 10.0. The highest BCUT2D eigenvalue weighted by atomic mass is 35.5. The van der Waals surface area contributed by atoms with Crippen LogP contribution in [0.2, 0.25) is 5.02 Å². The molecule has 0 bridgehead atoms. The van der Waals surface area contributed by atoms with E-state index in [4.69, 9.17) is 16.1 Å². The Morgan fingerprint density at radius 2 is 2.04 bits per heavy atom. The lowest BCUT2D eigenvalue weighted by Gasteiger charge is -2.19. The summed E-state index contributed by atoms with van der Waals surface area (Å²) in [6.07, 6.45) is 1.89. The summed E-state index contributed by atoms with van der Waals surface area (Å²) in [6.45, 7) is 1.96. The maximum atomic E-state index is 11.6. The van der Waals surface area contributed by atoms with Gasteiger partial charge in [-0.1, -0.05) is 35.0 Å². The number of amides is 1. The fourth-order valence-electron chi connectivity index (χ4n) is 3.07. The molecule has 1 unspecified atom stereocenters. The van der Waals surface area contributed by atoms with Crippen molar-refractivity contribution in [1.29, 1.82) is 0 Å². The van der Waals surface area contributed by atoms with Gasteiger partial charge in [-0.15, -0.1) is 0 Å². The lowest BCUT2D eigenvalue weighted by Crippen LogP contribution is -2.19.